The monoisotopic (exact) mass is 249 g/mol. The third-order valence-electron chi connectivity index (χ3n) is 3.12. The van der Waals surface area contributed by atoms with Crippen molar-refractivity contribution in [1.82, 2.24) is 5.32 Å². The second-order valence-electron chi connectivity index (χ2n) is 5.79. The Morgan fingerprint density at radius 2 is 1.72 bits per heavy atom. The van der Waals surface area contributed by atoms with E-state index in [1.54, 1.807) is 7.11 Å². The molecule has 0 bridgehead atoms. The van der Waals surface area contributed by atoms with Crippen LogP contribution in [0.4, 0.5) is 0 Å². The van der Waals surface area contributed by atoms with Crippen molar-refractivity contribution >= 4 is 0 Å². The Labute approximate surface area is 112 Å². The van der Waals surface area contributed by atoms with Gasteiger partial charge in [-0.25, -0.2) is 0 Å². The molecule has 1 N–H and O–H groups in total. The largest absolute Gasteiger partial charge is 0.383 e. The van der Waals surface area contributed by atoms with Crippen molar-refractivity contribution in [3.05, 3.63) is 35.4 Å². The number of methoxy groups -OCH3 is 1. The number of rotatable bonds is 7. The van der Waals surface area contributed by atoms with Crippen molar-refractivity contribution in [2.45, 2.75) is 39.0 Å². The molecule has 2 heteroatoms. The fourth-order valence-corrected chi connectivity index (χ4v) is 1.89. The lowest BCUT2D eigenvalue weighted by molar-refractivity contribution is 0.199. The summed E-state index contributed by atoms with van der Waals surface area (Å²) in [6, 6.07) is 9.03. The molecule has 1 aromatic carbocycles. The van der Waals surface area contributed by atoms with E-state index in [9.17, 15) is 0 Å². The first-order valence-electron chi connectivity index (χ1n) is 6.83. The zero-order chi connectivity index (χ0) is 13.4. The van der Waals surface area contributed by atoms with Crippen LogP contribution >= 0.6 is 0 Å². The van der Waals surface area contributed by atoms with Crippen molar-refractivity contribution < 1.29 is 4.74 Å². The lowest BCUT2D eigenvalue weighted by Gasteiger charge is -2.19. The summed E-state index contributed by atoms with van der Waals surface area (Å²) in [5.41, 5.74) is 3.08. The smallest absolute Gasteiger partial charge is 0.0587 e. The number of nitrogens with one attached hydrogen (secondary N) is 1. The SMILES string of the molecule is COCCNCCCc1ccc(C(C)(C)C)cc1. The van der Waals surface area contributed by atoms with Gasteiger partial charge in [0, 0.05) is 13.7 Å². The number of aryl methyl sites for hydroxylation is 1. The number of benzene rings is 1. The van der Waals surface area contributed by atoms with Crippen LogP contribution in [0.5, 0.6) is 0 Å². The summed E-state index contributed by atoms with van der Waals surface area (Å²) in [6.07, 6.45) is 2.32. The van der Waals surface area contributed by atoms with Crippen LogP contribution in [-0.4, -0.2) is 26.8 Å². The van der Waals surface area contributed by atoms with Gasteiger partial charge in [-0.1, -0.05) is 45.0 Å². The van der Waals surface area contributed by atoms with Crippen molar-refractivity contribution in [3.63, 3.8) is 0 Å². The van der Waals surface area contributed by atoms with Crippen molar-refractivity contribution in [2.75, 3.05) is 26.8 Å². The molecule has 0 heterocycles. The van der Waals surface area contributed by atoms with Gasteiger partial charge in [-0.05, 0) is 35.9 Å². The Kier molecular flexibility index (Phi) is 6.37. The molecular weight excluding hydrogens is 222 g/mol. The molecule has 0 atom stereocenters. The Morgan fingerprint density at radius 1 is 1.06 bits per heavy atom. The fourth-order valence-electron chi connectivity index (χ4n) is 1.89. The molecule has 102 valence electrons. The lowest BCUT2D eigenvalue weighted by Crippen LogP contribution is -2.20. The van der Waals surface area contributed by atoms with Gasteiger partial charge in [-0.2, -0.15) is 0 Å². The van der Waals surface area contributed by atoms with Crippen LogP contribution < -0.4 is 5.32 Å². The average Bonchev–Trinajstić information content (AvgIpc) is 2.33. The summed E-state index contributed by atoms with van der Waals surface area (Å²) in [5, 5.41) is 3.37. The van der Waals surface area contributed by atoms with Gasteiger partial charge in [0.25, 0.3) is 0 Å². The first kappa shape index (κ1) is 15.2. The lowest BCUT2D eigenvalue weighted by atomic mass is 9.86. The first-order valence-corrected chi connectivity index (χ1v) is 6.83. The van der Waals surface area contributed by atoms with Crippen LogP contribution in [0.15, 0.2) is 24.3 Å². The van der Waals surface area contributed by atoms with Gasteiger partial charge in [0.1, 0.15) is 0 Å². The first-order chi connectivity index (χ1) is 8.54. The summed E-state index contributed by atoms with van der Waals surface area (Å²) < 4.78 is 4.99. The van der Waals surface area contributed by atoms with E-state index < -0.39 is 0 Å². The molecule has 18 heavy (non-hydrogen) atoms. The van der Waals surface area contributed by atoms with E-state index >= 15 is 0 Å². The quantitative estimate of drug-likeness (QED) is 0.750. The summed E-state index contributed by atoms with van der Waals surface area (Å²) in [7, 11) is 1.73. The van der Waals surface area contributed by atoms with Crippen LogP contribution in [0.3, 0.4) is 0 Å². The van der Waals surface area contributed by atoms with E-state index in [-0.39, 0.29) is 5.41 Å². The van der Waals surface area contributed by atoms with Gasteiger partial charge in [-0.3, -0.25) is 0 Å². The summed E-state index contributed by atoms with van der Waals surface area (Å²) in [4.78, 5) is 0. The maximum absolute atomic E-state index is 4.99. The molecule has 0 unspecified atom stereocenters. The Morgan fingerprint density at radius 3 is 2.28 bits per heavy atom. The normalized spacial score (nSPS) is 11.8. The third kappa shape index (κ3) is 5.65. The number of ether oxygens (including phenoxy) is 1. The molecule has 0 saturated carbocycles. The van der Waals surface area contributed by atoms with Crippen LogP contribution in [0.25, 0.3) is 0 Å². The molecule has 0 aliphatic rings. The molecule has 0 aromatic heterocycles. The van der Waals surface area contributed by atoms with Crippen molar-refractivity contribution in [1.29, 1.82) is 0 Å². The van der Waals surface area contributed by atoms with Crippen LogP contribution in [0.1, 0.15) is 38.3 Å². The van der Waals surface area contributed by atoms with Gasteiger partial charge in [0.15, 0.2) is 0 Å². The van der Waals surface area contributed by atoms with Crippen LogP contribution in [0.2, 0.25) is 0 Å². The van der Waals surface area contributed by atoms with E-state index in [1.165, 1.54) is 17.5 Å². The van der Waals surface area contributed by atoms with E-state index in [1.807, 2.05) is 0 Å². The highest BCUT2D eigenvalue weighted by molar-refractivity contribution is 5.27. The second kappa shape index (κ2) is 7.55. The minimum Gasteiger partial charge on any atom is -0.383 e. The Balaban J connectivity index is 2.27. The molecule has 1 aromatic rings. The van der Waals surface area contributed by atoms with E-state index in [0.717, 1.165) is 26.1 Å². The highest BCUT2D eigenvalue weighted by atomic mass is 16.5. The maximum Gasteiger partial charge on any atom is 0.0587 e. The topological polar surface area (TPSA) is 21.3 Å². The fraction of sp³-hybridized carbons (Fsp3) is 0.625. The highest BCUT2D eigenvalue weighted by Gasteiger charge is 2.12. The molecule has 0 amide bonds. The summed E-state index contributed by atoms with van der Waals surface area (Å²) >= 11 is 0. The number of hydrogen-bond donors (Lipinski definition) is 1. The minimum atomic E-state index is 0.250. The Bertz CT molecular complexity index is 324. The van der Waals surface area contributed by atoms with E-state index in [2.05, 4.69) is 50.4 Å². The Hall–Kier alpha value is -0.860. The van der Waals surface area contributed by atoms with Crippen LogP contribution in [-0.2, 0) is 16.6 Å². The van der Waals surface area contributed by atoms with Gasteiger partial charge >= 0.3 is 0 Å². The van der Waals surface area contributed by atoms with Crippen LogP contribution in [0, 0.1) is 0 Å². The van der Waals surface area contributed by atoms with Gasteiger partial charge in [0.05, 0.1) is 6.61 Å². The molecule has 1 rings (SSSR count). The molecule has 2 nitrogen and oxygen atoms in total. The molecule has 0 aliphatic heterocycles. The summed E-state index contributed by atoms with van der Waals surface area (Å²) in [6.45, 7) is 9.55. The van der Waals surface area contributed by atoms with Gasteiger partial charge in [-0.15, -0.1) is 0 Å². The molecular formula is C16H27NO. The van der Waals surface area contributed by atoms with Crippen molar-refractivity contribution in [2.24, 2.45) is 0 Å². The highest BCUT2D eigenvalue weighted by Crippen LogP contribution is 2.22. The van der Waals surface area contributed by atoms with Crippen molar-refractivity contribution in [3.8, 4) is 0 Å². The molecule has 0 fully saturated rings. The number of hydrogen-bond acceptors (Lipinski definition) is 2. The zero-order valence-electron chi connectivity index (χ0n) is 12.3. The second-order valence-corrected chi connectivity index (χ2v) is 5.79. The average molecular weight is 249 g/mol. The molecule has 0 saturated heterocycles. The van der Waals surface area contributed by atoms with Gasteiger partial charge in [0.2, 0.25) is 0 Å². The zero-order valence-corrected chi connectivity index (χ0v) is 12.3. The van der Waals surface area contributed by atoms with E-state index in [4.69, 9.17) is 4.74 Å². The predicted octanol–water partition coefficient (Wildman–Crippen LogP) is 3.15. The molecule has 0 aliphatic carbocycles. The van der Waals surface area contributed by atoms with E-state index in [0.29, 0.717) is 0 Å². The minimum absolute atomic E-state index is 0.250. The maximum atomic E-state index is 4.99. The van der Waals surface area contributed by atoms with Gasteiger partial charge < -0.3 is 10.1 Å². The molecule has 0 radical (unpaired) electrons. The summed E-state index contributed by atoms with van der Waals surface area (Å²) in [5.74, 6) is 0. The third-order valence-corrected chi connectivity index (χ3v) is 3.12. The standard InChI is InChI=1S/C16H27NO/c1-16(2,3)15-9-7-14(8-10-15)6-5-11-17-12-13-18-4/h7-10,17H,5-6,11-13H2,1-4H3. The predicted molar refractivity (Wildman–Crippen MR) is 78.2 cm³/mol. The molecule has 0 spiro atoms.